The summed E-state index contributed by atoms with van der Waals surface area (Å²) in [6.07, 6.45) is 6.99. The summed E-state index contributed by atoms with van der Waals surface area (Å²) in [4.78, 5) is 0. The van der Waals surface area contributed by atoms with Gasteiger partial charge in [0.15, 0.2) is 0 Å². The van der Waals surface area contributed by atoms with Gasteiger partial charge in [0.1, 0.15) is 0 Å². The standard InChI is InChI=1S/C11H21ClN2O2S/c12-10-11(6-5-7-11)13-17(15,16)14-8-3-1-2-4-9-14/h13H,1-10H2. The zero-order valence-electron chi connectivity index (χ0n) is 10.1. The second kappa shape index (κ2) is 5.43. The molecule has 1 N–H and O–H groups in total. The van der Waals surface area contributed by atoms with Crippen molar-refractivity contribution in [2.24, 2.45) is 0 Å². The third kappa shape index (κ3) is 3.13. The van der Waals surface area contributed by atoms with E-state index in [0.717, 1.165) is 44.9 Å². The van der Waals surface area contributed by atoms with Crippen molar-refractivity contribution in [1.82, 2.24) is 9.03 Å². The number of hydrogen-bond acceptors (Lipinski definition) is 2. The molecule has 2 fully saturated rings. The van der Waals surface area contributed by atoms with Gasteiger partial charge in [0.05, 0.1) is 0 Å². The van der Waals surface area contributed by atoms with Gasteiger partial charge in [-0.15, -0.1) is 11.6 Å². The maximum Gasteiger partial charge on any atom is 0.279 e. The highest BCUT2D eigenvalue weighted by atomic mass is 35.5. The van der Waals surface area contributed by atoms with Crippen LogP contribution in [0.4, 0.5) is 0 Å². The molecule has 2 rings (SSSR count). The van der Waals surface area contributed by atoms with Crippen LogP contribution in [0.25, 0.3) is 0 Å². The molecule has 17 heavy (non-hydrogen) atoms. The highest BCUT2D eigenvalue weighted by Crippen LogP contribution is 2.34. The third-order valence-electron chi connectivity index (χ3n) is 3.82. The van der Waals surface area contributed by atoms with Crippen LogP contribution in [0.5, 0.6) is 0 Å². The Morgan fingerprint density at radius 2 is 1.65 bits per heavy atom. The number of alkyl halides is 1. The van der Waals surface area contributed by atoms with E-state index in [4.69, 9.17) is 11.6 Å². The lowest BCUT2D eigenvalue weighted by Gasteiger charge is -2.41. The molecular weight excluding hydrogens is 260 g/mol. The SMILES string of the molecule is O=S(=O)(NC1(CCl)CCC1)N1CCCCCC1. The molecule has 1 aliphatic heterocycles. The Hall–Kier alpha value is 0.160. The summed E-state index contributed by atoms with van der Waals surface area (Å²) < 4.78 is 28.9. The first kappa shape index (κ1) is 13.6. The van der Waals surface area contributed by atoms with Crippen molar-refractivity contribution in [2.75, 3.05) is 19.0 Å². The molecule has 0 spiro atoms. The molecule has 1 heterocycles. The average molecular weight is 281 g/mol. The molecule has 1 aliphatic carbocycles. The van der Waals surface area contributed by atoms with Crippen molar-refractivity contribution < 1.29 is 8.42 Å². The zero-order chi connectivity index (χ0) is 12.4. The number of rotatable bonds is 4. The molecule has 1 saturated heterocycles. The zero-order valence-corrected chi connectivity index (χ0v) is 11.7. The van der Waals surface area contributed by atoms with Crippen molar-refractivity contribution in [3.63, 3.8) is 0 Å². The topological polar surface area (TPSA) is 49.4 Å². The van der Waals surface area contributed by atoms with Gasteiger partial charge < -0.3 is 0 Å². The van der Waals surface area contributed by atoms with Crippen molar-refractivity contribution >= 4 is 21.8 Å². The summed E-state index contributed by atoms with van der Waals surface area (Å²) in [5.41, 5.74) is -0.368. The molecule has 0 radical (unpaired) electrons. The van der Waals surface area contributed by atoms with Crippen molar-refractivity contribution in [3.8, 4) is 0 Å². The first-order chi connectivity index (χ1) is 8.08. The number of nitrogens with zero attached hydrogens (tertiary/aromatic N) is 1. The molecule has 0 aromatic heterocycles. The Bertz CT molecular complexity index is 341. The fraction of sp³-hybridized carbons (Fsp3) is 1.00. The maximum atomic E-state index is 12.3. The van der Waals surface area contributed by atoms with Gasteiger partial charge in [-0.3, -0.25) is 0 Å². The van der Waals surface area contributed by atoms with E-state index >= 15 is 0 Å². The van der Waals surface area contributed by atoms with Gasteiger partial charge in [-0.25, -0.2) is 0 Å². The van der Waals surface area contributed by atoms with E-state index in [9.17, 15) is 8.42 Å². The fourth-order valence-electron chi connectivity index (χ4n) is 2.49. The maximum absolute atomic E-state index is 12.3. The van der Waals surface area contributed by atoms with Crippen LogP contribution in [-0.4, -0.2) is 37.2 Å². The Kier molecular flexibility index (Phi) is 4.34. The summed E-state index contributed by atoms with van der Waals surface area (Å²) in [6.45, 7) is 1.29. The first-order valence-electron chi connectivity index (χ1n) is 6.43. The van der Waals surface area contributed by atoms with Gasteiger partial charge in [-0.05, 0) is 32.1 Å². The Morgan fingerprint density at radius 1 is 1.06 bits per heavy atom. The predicted octanol–water partition coefficient (Wildman–Crippen LogP) is 1.86. The largest absolute Gasteiger partial charge is 0.279 e. The van der Waals surface area contributed by atoms with Crippen molar-refractivity contribution in [2.45, 2.75) is 50.5 Å². The van der Waals surface area contributed by atoms with E-state index in [1.54, 1.807) is 4.31 Å². The Labute approximate surface area is 109 Å². The molecular formula is C11H21ClN2O2S. The van der Waals surface area contributed by atoms with Gasteiger partial charge in [0.25, 0.3) is 10.2 Å². The van der Waals surface area contributed by atoms with Crippen LogP contribution < -0.4 is 4.72 Å². The number of hydrogen-bond donors (Lipinski definition) is 1. The molecule has 0 bridgehead atoms. The van der Waals surface area contributed by atoms with E-state index in [-0.39, 0.29) is 5.54 Å². The minimum atomic E-state index is -3.34. The van der Waals surface area contributed by atoms with E-state index in [0.29, 0.717) is 19.0 Å². The number of nitrogens with one attached hydrogen (secondary N) is 1. The average Bonchev–Trinajstić information content (AvgIpc) is 2.52. The summed E-state index contributed by atoms with van der Waals surface area (Å²) in [7, 11) is -3.34. The lowest BCUT2D eigenvalue weighted by molar-refractivity contribution is 0.244. The summed E-state index contributed by atoms with van der Waals surface area (Å²) in [5.74, 6) is 0.375. The van der Waals surface area contributed by atoms with Gasteiger partial charge in [0.2, 0.25) is 0 Å². The Morgan fingerprint density at radius 3 is 2.06 bits per heavy atom. The monoisotopic (exact) mass is 280 g/mol. The smallest absolute Gasteiger partial charge is 0.195 e. The first-order valence-corrected chi connectivity index (χ1v) is 8.40. The molecule has 0 aromatic rings. The highest BCUT2D eigenvalue weighted by molar-refractivity contribution is 7.87. The minimum absolute atomic E-state index is 0.368. The van der Waals surface area contributed by atoms with Crippen LogP contribution in [0.15, 0.2) is 0 Å². The van der Waals surface area contributed by atoms with Crippen LogP contribution in [0.1, 0.15) is 44.9 Å². The van der Waals surface area contributed by atoms with Crippen molar-refractivity contribution in [3.05, 3.63) is 0 Å². The molecule has 100 valence electrons. The van der Waals surface area contributed by atoms with E-state index in [2.05, 4.69) is 4.72 Å². The molecule has 2 aliphatic rings. The summed E-state index contributed by atoms with van der Waals surface area (Å²) in [5, 5.41) is 0. The fourth-order valence-corrected chi connectivity index (χ4v) is 4.59. The van der Waals surface area contributed by atoms with Crippen molar-refractivity contribution in [1.29, 1.82) is 0 Å². The molecule has 0 aromatic carbocycles. The molecule has 0 amide bonds. The molecule has 4 nitrogen and oxygen atoms in total. The second-order valence-electron chi connectivity index (χ2n) is 5.19. The van der Waals surface area contributed by atoms with Crippen LogP contribution >= 0.6 is 11.6 Å². The van der Waals surface area contributed by atoms with Gasteiger partial charge in [-0.1, -0.05) is 12.8 Å². The quantitative estimate of drug-likeness (QED) is 0.799. The lowest BCUT2D eigenvalue weighted by Crippen LogP contribution is -2.58. The Balaban J connectivity index is 2.01. The van der Waals surface area contributed by atoms with Crippen LogP contribution in [0.2, 0.25) is 0 Å². The highest BCUT2D eigenvalue weighted by Gasteiger charge is 2.41. The number of halogens is 1. The van der Waals surface area contributed by atoms with Gasteiger partial charge in [-0.2, -0.15) is 17.4 Å². The third-order valence-corrected chi connectivity index (χ3v) is 6.06. The van der Waals surface area contributed by atoms with Gasteiger partial charge in [0, 0.05) is 24.5 Å². The summed E-state index contributed by atoms with van der Waals surface area (Å²) >= 11 is 5.89. The summed E-state index contributed by atoms with van der Waals surface area (Å²) in [6, 6.07) is 0. The lowest BCUT2D eigenvalue weighted by atomic mass is 9.79. The molecule has 0 atom stereocenters. The van der Waals surface area contributed by atoms with Crippen LogP contribution in [-0.2, 0) is 10.2 Å². The van der Waals surface area contributed by atoms with Gasteiger partial charge >= 0.3 is 0 Å². The predicted molar refractivity (Wildman–Crippen MR) is 69.4 cm³/mol. The normalized spacial score (nSPS) is 26.2. The minimum Gasteiger partial charge on any atom is -0.195 e. The van der Waals surface area contributed by atoms with E-state index < -0.39 is 10.2 Å². The molecule has 0 unspecified atom stereocenters. The molecule has 6 heteroatoms. The second-order valence-corrected chi connectivity index (χ2v) is 7.13. The van der Waals surface area contributed by atoms with Crippen LogP contribution in [0, 0.1) is 0 Å². The van der Waals surface area contributed by atoms with E-state index in [1.807, 2.05) is 0 Å². The van der Waals surface area contributed by atoms with Crippen LogP contribution in [0.3, 0.4) is 0 Å². The van der Waals surface area contributed by atoms with E-state index in [1.165, 1.54) is 0 Å². The molecule has 1 saturated carbocycles.